The van der Waals surface area contributed by atoms with Crippen LogP contribution in [0.5, 0.6) is 0 Å². The number of rotatable bonds is 4. The molecule has 0 amide bonds. The summed E-state index contributed by atoms with van der Waals surface area (Å²) in [4.78, 5) is 0. The highest BCUT2D eigenvalue weighted by Crippen LogP contribution is 2.23. The Morgan fingerprint density at radius 1 is 1.13 bits per heavy atom. The van der Waals surface area contributed by atoms with Crippen molar-refractivity contribution in [2.24, 2.45) is 11.7 Å². The van der Waals surface area contributed by atoms with Crippen LogP contribution in [-0.4, -0.2) is 0 Å². The van der Waals surface area contributed by atoms with Gasteiger partial charge in [-0.2, -0.15) is 0 Å². The Balaban J connectivity index is 2.73. The largest absolute Gasteiger partial charge is 0.324 e. The highest BCUT2D eigenvalue weighted by molar-refractivity contribution is 5.35. The van der Waals surface area contributed by atoms with Gasteiger partial charge in [-0.25, -0.2) is 0 Å². The Kier molecular flexibility index (Phi) is 4.34. The van der Waals surface area contributed by atoms with E-state index in [4.69, 9.17) is 5.73 Å². The molecule has 0 unspecified atom stereocenters. The third kappa shape index (κ3) is 3.35. The maximum Gasteiger partial charge on any atom is 0.0297 e. The van der Waals surface area contributed by atoms with Crippen molar-refractivity contribution in [3.05, 3.63) is 34.9 Å². The smallest absolute Gasteiger partial charge is 0.0297 e. The van der Waals surface area contributed by atoms with Crippen LogP contribution < -0.4 is 5.73 Å². The lowest BCUT2D eigenvalue weighted by molar-refractivity contribution is 0.506. The van der Waals surface area contributed by atoms with Gasteiger partial charge in [-0.15, -0.1) is 0 Å². The van der Waals surface area contributed by atoms with Crippen LogP contribution in [0.15, 0.2) is 18.2 Å². The summed E-state index contributed by atoms with van der Waals surface area (Å²) in [5, 5.41) is 0. The lowest BCUT2D eigenvalue weighted by Gasteiger charge is -2.17. The minimum absolute atomic E-state index is 0.201. The fraction of sp³-hybridized carbons (Fsp3) is 0.571. The SMILES string of the molecule is Cc1cccc([C@H](N)CCC(C)C)c1C. The summed E-state index contributed by atoms with van der Waals surface area (Å²) in [6, 6.07) is 6.61. The van der Waals surface area contributed by atoms with Crippen LogP contribution >= 0.6 is 0 Å². The quantitative estimate of drug-likeness (QED) is 0.796. The molecule has 1 atom stereocenters. The van der Waals surface area contributed by atoms with E-state index >= 15 is 0 Å². The maximum absolute atomic E-state index is 6.21. The number of hydrogen-bond acceptors (Lipinski definition) is 1. The standard InChI is InChI=1S/C14H23N/c1-10(2)8-9-14(15)13-7-5-6-11(3)12(13)4/h5-7,10,14H,8-9,15H2,1-4H3/t14-/m1/s1. The van der Waals surface area contributed by atoms with Gasteiger partial charge in [-0.3, -0.25) is 0 Å². The summed E-state index contributed by atoms with van der Waals surface area (Å²) in [7, 11) is 0. The van der Waals surface area contributed by atoms with E-state index in [0.717, 1.165) is 12.3 Å². The average Bonchev–Trinajstić information content (AvgIpc) is 2.18. The minimum atomic E-state index is 0.201. The van der Waals surface area contributed by atoms with Crippen molar-refractivity contribution in [3.63, 3.8) is 0 Å². The molecule has 0 aliphatic carbocycles. The first-order valence-electron chi connectivity index (χ1n) is 5.84. The van der Waals surface area contributed by atoms with Crippen LogP contribution in [-0.2, 0) is 0 Å². The van der Waals surface area contributed by atoms with Gasteiger partial charge in [0.15, 0.2) is 0 Å². The van der Waals surface area contributed by atoms with E-state index in [-0.39, 0.29) is 6.04 Å². The van der Waals surface area contributed by atoms with Gasteiger partial charge >= 0.3 is 0 Å². The van der Waals surface area contributed by atoms with Crippen LogP contribution in [0.2, 0.25) is 0 Å². The molecule has 0 radical (unpaired) electrons. The van der Waals surface area contributed by atoms with Crippen molar-refractivity contribution in [1.29, 1.82) is 0 Å². The van der Waals surface area contributed by atoms with E-state index in [0.29, 0.717) is 0 Å². The summed E-state index contributed by atoms with van der Waals surface area (Å²) < 4.78 is 0. The molecule has 1 rings (SSSR count). The van der Waals surface area contributed by atoms with E-state index in [1.807, 2.05) is 0 Å². The van der Waals surface area contributed by atoms with Crippen molar-refractivity contribution < 1.29 is 0 Å². The van der Waals surface area contributed by atoms with E-state index < -0.39 is 0 Å². The van der Waals surface area contributed by atoms with Crippen LogP contribution in [0.1, 0.15) is 49.4 Å². The third-order valence-electron chi connectivity index (χ3n) is 3.10. The predicted octanol–water partition coefficient (Wildman–Crippen LogP) is 3.74. The van der Waals surface area contributed by atoms with E-state index in [9.17, 15) is 0 Å². The lowest BCUT2D eigenvalue weighted by Crippen LogP contribution is -2.13. The normalized spacial score (nSPS) is 13.2. The molecule has 1 aromatic rings. The first kappa shape index (κ1) is 12.3. The van der Waals surface area contributed by atoms with Crippen molar-refractivity contribution in [2.75, 3.05) is 0 Å². The van der Waals surface area contributed by atoms with Crippen molar-refractivity contribution >= 4 is 0 Å². The van der Waals surface area contributed by atoms with Gasteiger partial charge in [0, 0.05) is 6.04 Å². The molecule has 0 fully saturated rings. The molecule has 1 aromatic carbocycles. The number of hydrogen-bond donors (Lipinski definition) is 1. The van der Waals surface area contributed by atoms with Crippen LogP contribution in [0.3, 0.4) is 0 Å². The second-order valence-corrected chi connectivity index (χ2v) is 4.87. The van der Waals surface area contributed by atoms with Crippen LogP contribution in [0.25, 0.3) is 0 Å². The van der Waals surface area contributed by atoms with Gasteiger partial charge in [0.2, 0.25) is 0 Å². The molecule has 0 saturated carbocycles. The summed E-state index contributed by atoms with van der Waals surface area (Å²) in [6.45, 7) is 8.81. The predicted molar refractivity (Wildman–Crippen MR) is 66.9 cm³/mol. The van der Waals surface area contributed by atoms with Gasteiger partial charge in [-0.1, -0.05) is 32.0 Å². The van der Waals surface area contributed by atoms with Gasteiger partial charge < -0.3 is 5.73 Å². The second-order valence-electron chi connectivity index (χ2n) is 4.87. The van der Waals surface area contributed by atoms with Crippen LogP contribution in [0.4, 0.5) is 0 Å². The van der Waals surface area contributed by atoms with Crippen molar-refractivity contribution in [2.45, 2.75) is 46.6 Å². The molecule has 1 nitrogen and oxygen atoms in total. The Labute approximate surface area is 93.7 Å². The Morgan fingerprint density at radius 3 is 2.40 bits per heavy atom. The molecule has 0 aliphatic rings. The highest BCUT2D eigenvalue weighted by atomic mass is 14.6. The van der Waals surface area contributed by atoms with Crippen molar-refractivity contribution in [1.82, 2.24) is 0 Å². The van der Waals surface area contributed by atoms with Crippen molar-refractivity contribution in [3.8, 4) is 0 Å². The Morgan fingerprint density at radius 2 is 1.80 bits per heavy atom. The summed E-state index contributed by atoms with van der Waals surface area (Å²) in [5.41, 5.74) is 10.2. The van der Waals surface area contributed by atoms with Gasteiger partial charge in [0.25, 0.3) is 0 Å². The molecule has 1 heteroatoms. The molecule has 0 spiro atoms. The van der Waals surface area contributed by atoms with Crippen LogP contribution in [0, 0.1) is 19.8 Å². The van der Waals surface area contributed by atoms with E-state index in [1.165, 1.54) is 23.1 Å². The second kappa shape index (κ2) is 5.32. The molecule has 15 heavy (non-hydrogen) atoms. The maximum atomic E-state index is 6.21. The Hall–Kier alpha value is -0.820. The zero-order valence-electron chi connectivity index (χ0n) is 10.4. The number of nitrogens with two attached hydrogens (primary N) is 1. The topological polar surface area (TPSA) is 26.0 Å². The zero-order valence-corrected chi connectivity index (χ0v) is 10.4. The lowest BCUT2D eigenvalue weighted by atomic mass is 9.93. The molecule has 0 saturated heterocycles. The average molecular weight is 205 g/mol. The number of aryl methyl sites for hydroxylation is 1. The fourth-order valence-corrected chi connectivity index (χ4v) is 1.84. The number of benzene rings is 1. The molecule has 0 heterocycles. The molecular weight excluding hydrogens is 182 g/mol. The first-order chi connectivity index (χ1) is 7.02. The molecular formula is C14H23N. The van der Waals surface area contributed by atoms with Gasteiger partial charge in [-0.05, 0) is 49.3 Å². The minimum Gasteiger partial charge on any atom is -0.324 e. The third-order valence-corrected chi connectivity index (χ3v) is 3.10. The Bertz CT molecular complexity index is 315. The summed E-state index contributed by atoms with van der Waals surface area (Å²) in [5.74, 6) is 0.737. The molecule has 84 valence electrons. The first-order valence-corrected chi connectivity index (χ1v) is 5.84. The summed E-state index contributed by atoms with van der Waals surface area (Å²) in [6.07, 6.45) is 2.29. The molecule has 2 N–H and O–H groups in total. The monoisotopic (exact) mass is 205 g/mol. The van der Waals surface area contributed by atoms with Gasteiger partial charge in [0.05, 0.1) is 0 Å². The fourth-order valence-electron chi connectivity index (χ4n) is 1.84. The summed E-state index contributed by atoms with van der Waals surface area (Å²) >= 11 is 0. The molecule has 0 aliphatic heterocycles. The molecule has 0 bridgehead atoms. The highest BCUT2D eigenvalue weighted by Gasteiger charge is 2.10. The van der Waals surface area contributed by atoms with E-state index in [1.54, 1.807) is 0 Å². The zero-order chi connectivity index (χ0) is 11.4. The van der Waals surface area contributed by atoms with Gasteiger partial charge in [0.1, 0.15) is 0 Å². The van der Waals surface area contributed by atoms with E-state index in [2.05, 4.69) is 45.9 Å². The molecule has 0 aromatic heterocycles.